The Balaban J connectivity index is 1.66. The number of rotatable bonds is 4. The lowest BCUT2D eigenvalue weighted by molar-refractivity contribution is -0.133. The second kappa shape index (κ2) is 6.82. The van der Waals surface area contributed by atoms with Gasteiger partial charge in [0.1, 0.15) is 18.1 Å². The average molecular weight is 327 g/mol. The molecular weight excluding hydrogens is 306 g/mol. The predicted octanol–water partition coefficient (Wildman–Crippen LogP) is 1.29. The van der Waals surface area contributed by atoms with Crippen molar-refractivity contribution in [1.29, 1.82) is 0 Å². The summed E-state index contributed by atoms with van der Waals surface area (Å²) in [5.74, 6) is 0.208. The number of hydrogen-bond donors (Lipinski definition) is 1. The minimum absolute atomic E-state index is 0.00236. The second-order valence-electron chi connectivity index (χ2n) is 6.13. The van der Waals surface area contributed by atoms with Crippen molar-refractivity contribution < 1.29 is 9.59 Å². The molecule has 0 saturated carbocycles. The zero-order valence-corrected chi connectivity index (χ0v) is 13.7. The number of carbonyl (C=O) groups is 2. The van der Waals surface area contributed by atoms with Gasteiger partial charge in [-0.1, -0.05) is 6.07 Å². The first-order valence-electron chi connectivity index (χ1n) is 8.07. The van der Waals surface area contributed by atoms with Crippen LogP contribution in [0.5, 0.6) is 0 Å². The van der Waals surface area contributed by atoms with Crippen LogP contribution in [0.2, 0.25) is 0 Å². The third kappa shape index (κ3) is 3.45. The van der Waals surface area contributed by atoms with Crippen LogP contribution in [-0.4, -0.2) is 44.4 Å². The third-order valence-corrected chi connectivity index (χ3v) is 4.28. The summed E-state index contributed by atoms with van der Waals surface area (Å²) in [4.78, 5) is 30.9. The fourth-order valence-corrected chi connectivity index (χ4v) is 3.06. The lowest BCUT2D eigenvalue weighted by atomic mass is 9.92. The van der Waals surface area contributed by atoms with E-state index in [0.717, 1.165) is 18.5 Å². The van der Waals surface area contributed by atoms with Crippen molar-refractivity contribution in [2.45, 2.75) is 26.3 Å². The molecule has 1 aliphatic heterocycles. The van der Waals surface area contributed by atoms with Gasteiger partial charge in [-0.25, -0.2) is 4.68 Å². The Morgan fingerprint density at radius 1 is 1.38 bits per heavy atom. The molecule has 0 unspecified atom stereocenters. The summed E-state index contributed by atoms with van der Waals surface area (Å²) in [5.41, 5.74) is 7.08. The van der Waals surface area contributed by atoms with Crippen molar-refractivity contribution >= 4 is 17.5 Å². The van der Waals surface area contributed by atoms with Crippen molar-refractivity contribution in [3.8, 4) is 0 Å². The summed E-state index contributed by atoms with van der Waals surface area (Å²) in [6, 6.07) is 7.03. The van der Waals surface area contributed by atoms with Crippen LogP contribution >= 0.6 is 0 Å². The maximum absolute atomic E-state index is 12.5. The maximum Gasteiger partial charge on any atom is 0.244 e. The van der Waals surface area contributed by atoms with Crippen molar-refractivity contribution in [3.63, 3.8) is 0 Å². The smallest absolute Gasteiger partial charge is 0.244 e. The molecule has 2 aromatic rings. The van der Waals surface area contributed by atoms with Gasteiger partial charge in [-0.3, -0.25) is 14.6 Å². The summed E-state index contributed by atoms with van der Waals surface area (Å²) in [6.07, 6.45) is 3.20. The van der Waals surface area contributed by atoms with Gasteiger partial charge in [0.05, 0.1) is 5.69 Å². The molecule has 0 bridgehead atoms. The highest BCUT2D eigenvalue weighted by atomic mass is 16.2. The monoisotopic (exact) mass is 327 g/mol. The van der Waals surface area contributed by atoms with Gasteiger partial charge in [0, 0.05) is 31.3 Å². The third-order valence-electron chi connectivity index (χ3n) is 4.28. The van der Waals surface area contributed by atoms with E-state index in [4.69, 9.17) is 5.73 Å². The number of nitrogens with two attached hydrogens (primary N) is 1. The number of piperidine rings is 1. The van der Waals surface area contributed by atoms with E-state index >= 15 is 0 Å². The van der Waals surface area contributed by atoms with Crippen LogP contribution in [0.15, 0.2) is 30.5 Å². The fraction of sp³-hybridized carbons (Fsp3) is 0.412. The molecule has 0 radical (unpaired) electrons. The van der Waals surface area contributed by atoms with E-state index in [1.54, 1.807) is 35.4 Å². The quantitative estimate of drug-likeness (QED) is 0.854. The second-order valence-corrected chi connectivity index (χ2v) is 6.13. The first kappa shape index (κ1) is 16.2. The fourth-order valence-electron chi connectivity index (χ4n) is 3.06. The molecule has 1 aliphatic rings. The summed E-state index contributed by atoms with van der Waals surface area (Å²) in [6.45, 7) is 3.02. The van der Waals surface area contributed by atoms with Crippen LogP contribution < -0.4 is 5.73 Å². The van der Waals surface area contributed by atoms with Gasteiger partial charge in [-0.05, 0) is 31.9 Å². The normalized spacial score (nSPS) is 17.7. The van der Waals surface area contributed by atoms with Gasteiger partial charge in [0.15, 0.2) is 5.78 Å². The van der Waals surface area contributed by atoms with E-state index in [1.165, 1.54) is 4.68 Å². The first-order chi connectivity index (χ1) is 11.5. The Labute approximate surface area is 140 Å². The molecule has 0 aliphatic carbocycles. The van der Waals surface area contributed by atoms with Crippen LogP contribution in [-0.2, 0) is 11.3 Å². The predicted molar refractivity (Wildman–Crippen MR) is 89.2 cm³/mol. The number of pyridine rings is 1. The molecule has 1 atom stereocenters. The number of ketones is 1. The number of amides is 1. The van der Waals surface area contributed by atoms with E-state index in [2.05, 4.69) is 10.1 Å². The van der Waals surface area contributed by atoms with Crippen molar-refractivity contribution in [2.75, 3.05) is 18.8 Å². The highest BCUT2D eigenvalue weighted by Gasteiger charge is 2.29. The lowest BCUT2D eigenvalue weighted by Gasteiger charge is -2.32. The molecule has 7 nitrogen and oxygen atoms in total. The zero-order chi connectivity index (χ0) is 17.1. The summed E-state index contributed by atoms with van der Waals surface area (Å²) in [5, 5.41) is 4.21. The van der Waals surface area contributed by atoms with E-state index in [9.17, 15) is 9.59 Å². The number of nitrogens with zero attached hydrogens (tertiary/aromatic N) is 4. The number of aromatic nitrogens is 3. The molecule has 0 spiro atoms. The van der Waals surface area contributed by atoms with Gasteiger partial charge in [-0.2, -0.15) is 5.10 Å². The standard InChI is InChI=1S/C17H21N5O2/c1-12-9-15(18)22(20-12)11-16(23)21-8-4-5-13(10-21)17(24)14-6-2-3-7-19-14/h2-3,6-7,9,13H,4-5,8,10-11,18H2,1H3/t13-/m0/s1. The minimum Gasteiger partial charge on any atom is -0.384 e. The molecule has 2 N–H and O–H groups in total. The number of aryl methyl sites for hydroxylation is 1. The van der Waals surface area contributed by atoms with Crippen LogP contribution in [0.25, 0.3) is 0 Å². The Kier molecular flexibility index (Phi) is 4.59. The minimum atomic E-state index is -0.200. The van der Waals surface area contributed by atoms with Crippen molar-refractivity contribution in [1.82, 2.24) is 19.7 Å². The Morgan fingerprint density at radius 3 is 2.88 bits per heavy atom. The van der Waals surface area contributed by atoms with Crippen LogP contribution in [0.4, 0.5) is 5.82 Å². The van der Waals surface area contributed by atoms with E-state index in [1.807, 2.05) is 6.92 Å². The zero-order valence-electron chi connectivity index (χ0n) is 13.7. The molecule has 1 saturated heterocycles. The highest BCUT2D eigenvalue weighted by molar-refractivity contribution is 5.96. The molecule has 3 rings (SSSR count). The van der Waals surface area contributed by atoms with Gasteiger partial charge in [0.25, 0.3) is 0 Å². The molecule has 1 fully saturated rings. The number of hydrogen-bond acceptors (Lipinski definition) is 5. The van der Waals surface area contributed by atoms with E-state index < -0.39 is 0 Å². The molecular formula is C17H21N5O2. The topological polar surface area (TPSA) is 94.1 Å². The van der Waals surface area contributed by atoms with Crippen LogP contribution in [0.1, 0.15) is 29.0 Å². The van der Waals surface area contributed by atoms with E-state index in [0.29, 0.717) is 24.6 Å². The van der Waals surface area contributed by atoms with Gasteiger partial charge >= 0.3 is 0 Å². The van der Waals surface area contributed by atoms with Crippen LogP contribution in [0, 0.1) is 12.8 Å². The van der Waals surface area contributed by atoms with E-state index in [-0.39, 0.29) is 24.2 Å². The van der Waals surface area contributed by atoms with Gasteiger partial charge in [-0.15, -0.1) is 0 Å². The summed E-state index contributed by atoms with van der Waals surface area (Å²) < 4.78 is 1.50. The maximum atomic E-state index is 12.5. The molecule has 7 heteroatoms. The number of carbonyl (C=O) groups excluding carboxylic acids is 2. The molecule has 2 aromatic heterocycles. The molecule has 0 aromatic carbocycles. The molecule has 3 heterocycles. The summed E-state index contributed by atoms with van der Waals surface area (Å²) in [7, 11) is 0. The summed E-state index contributed by atoms with van der Waals surface area (Å²) >= 11 is 0. The molecule has 24 heavy (non-hydrogen) atoms. The van der Waals surface area contributed by atoms with Crippen LogP contribution in [0.3, 0.4) is 0 Å². The largest absolute Gasteiger partial charge is 0.384 e. The Bertz CT molecular complexity index is 741. The number of Topliss-reactive ketones (excluding diaryl/α,β-unsaturated/α-hetero) is 1. The number of anilines is 1. The van der Waals surface area contributed by atoms with Crippen molar-refractivity contribution in [3.05, 3.63) is 41.9 Å². The molecule has 1 amide bonds. The van der Waals surface area contributed by atoms with Gasteiger partial charge in [0.2, 0.25) is 5.91 Å². The van der Waals surface area contributed by atoms with Gasteiger partial charge < -0.3 is 10.6 Å². The number of likely N-dealkylation sites (tertiary alicyclic amines) is 1. The SMILES string of the molecule is Cc1cc(N)n(CC(=O)N2CCC[C@H](C(=O)c3ccccn3)C2)n1. The lowest BCUT2D eigenvalue weighted by Crippen LogP contribution is -2.44. The van der Waals surface area contributed by atoms with Crippen molar-refractivity contribution in [2.24, 2.45) is 5.92 Å². The Hall–Kier alpha value is -2.70. The molecule has 126 valence electrons. The average Bonchev–Trinajstić information content (AvgIpc) is 2.92. The number of nitrogen functional groups attached to an aromatic ring is 1. The Morgan fingerprint density at radius 2 is 2.21 bits per heavy atom. The first-order valence-corrected chi connectivity index (χ1v) is 8.07. The highest BCUT2D eigenvalue weighted by Crippen LogP contribution is 2.21.